The van der Waals surface area contributed by atoms with Gasteiger partial charge >= 0.3 is 6.03 Å². The first-order chi connectivity index (χ1) is 20.7. The van der Waals surface area contributed by atoms with Crippen molar-refractivity contribution in [1.82, 2.24) is 9.80 Å². The number of aliphatic hydroxyl groups excluding tert-OH is 1. The summed E-state index contributed by atoms with van der Waals surface area (Å²) < 4.78 is 6.45. The fraction of sp³-hybridized carbons (Fsp3) is 0.441. The Morgan fingerprint density at radius 3 is 2.56 bits per heavy atom. The SMILES string of the molecule is C[C@@H]1CN([C@@H](C)CO)C(=O)c2cc(NC(=O)C3CCCCC3)ccc2O[C@H]1CN(C)C(=O)Nc1cccc2ccccc12. The van der Waals surface area contributed by atoms with Gasteiger partial charge in [0.05, 0.1) is 30.4 Å². The van der Waals surface area contributed by atoms with Gasteiger partial charge in [-0.15, -0.1) is 0 Å². The Labute approximate surface area is 253 Å². The molecular formula is C34H42N4O5. The van der Waals surface area contributed by atoms with Crippen molar-refractivity contribution < 1.29 is 24.2 Å². The van der Waals surface area contributed by atoms with Crippen LogP contribution in [0.25, 0.3) is 10.8 Å². The molecule has 5 rings (SSSR count). The summed E-state index contributed by atoms with van der Waals surface area (Å²) in [5, 5.41) is 18.0. The predicted molar refractivity (Wildman–Crippen MR) is 168 cm³/mol. The zero-order chi connectivity index (χ0) is 30.5. The monoisotopic (exact) mass is 586 g/mol. The van der Waals surface area contributed by atoms with Crippen LogP contribution < -0.4 is 15.4 Å². The summed E-state index contributed by atoms with van der Waals surface area (Å²) in [6.45, 7) is 4.20. The van der Waals surface area contributed by atoms with Gasteiger partial charge in [-0.05, 0) is 49.4 Å². The van der Waals surface area contributed by atoms with Crippen LogP contribution in [0, 0.1) is 11.8 Å². The van der Waals surface area contributed by atoms with Crippen molar-refractivity contribution >= 4 is 40.0 Å². The first-order valence-electron chi connectivity index (χ1n) is 15.3. The Bertz CT molecular complexity index is 1460. The third kappa shape index (κ3) is 6.94. The predicted octanol–water partition coefficient (Wildman–Crippen LogP) is 5.74. The van der Waals surface area contributed by atoms with Gasteiger partial charge in [0.2, 0.25) is 5.91 Å². The van der Waals surface area contributed by atoms with E-state index >= 15 is 0 Å². The number of nitrogens with one attached hydrogen (secondary N) is 2. The second-order valence-electron chi connectivity index (χ2n) is 12.0. The van der Waals surface area contributed by atoms with Crippen LogP contribution in [-0.2, 0) is 4.79 Å². The highest BCUT2D eigenvalue weighted by atomic mass is 16.5. The van der Waals surface area contributed by atoms with Crippen molar-refractivity contribution in [3.8, 4) is 5.75 Å². The number of carbonyl (C=O) groups excluding carboxylic acids is 3. The zero-order valence-corrected chi connectivity index (χ0v) is 25.2. The minimum atomic E-state index is -0.439. The Hall–Kier alpha value is -4.11. The van der Waals surface area contributed by atoms with Crippen LogP contribution in [0.5, 0.6) is 5.75 Å². The Kier molecular flexibility index (Phi) is 9.50. The lowest BCUT2D eigenvalue weighted by Gasteiger charge is -2.38. The molecule has 0 spiro atoms. The molecule has 43 heavy (non-hydrogen) atoms. The lowest BCUT2D eigenvalue weighted by atomic mass is 9.88. The highest BCUT2D eigenvalue weighted by Crippen LogP contribution is 2.32. The van der Waals surface area contributed by atoms with Gasteiger partial charge < -0.3 is 30.3 Å². The number of fused-ring (bicyclic) bond motifs is 2. The molecule has 4 amide bonds. The van der Waals surface area contributed by atoms with Crippen LogP contribution in [-0.4, -0.2) is 71.6 Å². The summed E-state index contributed by atoms with van der Waals surface area (Å²) in [6, 6.07) is 18.1. The van der Waals surface area contributed by atoms with E-state index in [1.54, 1.807) is 42.0 Å². The average molecular weight is 587 g/mol. The average Bonchev–Trinajstić information content (AvgIpc) is 3.03. The minimum absolute atomic E-state index is 0.0191. The number of rotatable bonds is 7. The number of carbonyl (C=O) groups is 3. The van der Waals surface area contributed by atoms with E-state index in [2.05, 4.69) is 10.6 Å². The lowest BCUT2D eigenvalue weighted by molar-refractivity contribution is -0.120. The van der Waals surface area contributed by atoms with Gasteiger partial charge in [0, 0.05) is 36.5 Å². The van der Waals surface area contributed by atoms with Crippen LogP contribution >= 0.6 is 0 Å². The molecule has 0 aromatic heterocycles. The molecule has 3 N–H and O–H groups in total. The molecule has 1 aliphatic heterocycles. The van der Waals surface area contributed by atoms with Gasteiger partial charge in [0.1, 0.15) is 11.9 Å². The van der Waals surface area contributed by atoms with E-state index in [9.17, 15) is 19.5 Å². The van der Waals surface area contributed by atoms with Gasteiger partial charge in [-0.25, -0.2) is 4.79 Å². The number of nitrogens with zero attached hydrogens (tertiary/aromatic N) is 2. The maximum absolute atomic E-state index is 13.8. The van der Waals surface area contributed by atoms with Crippen molar-refractivity contribution in [3.63, 3.8) is 0 Å². The third-order valence-electron chi connectivity index (χ3n) is 8.74. The minimum Gasteiger partial charge on any atom is -0.487 e. The molecule has 1 saturated carbocycles. The number of aliphatic hydroxyl groups is 1. The van der Waals surface area contributed by atoms with Crippen LogP contribution in [0.3, 0.4) is 0 Å². The number of hydrogen-bond donors (Lipinski definition) is 3. The highest BCUT2D eigenvalue weighted by Gasteiger charge is 2.34. The van der Waals surface area contributed by atoms with E-state index in [-0.39, 0.29) is 42.8 Å². The number of benzene rings is 3. The maximum Gasteiger partial charge on any atom is 0.321 e. The summed E-state index contributed by atoms with van der Waals surface area (Å²) in [6.07, 6.45) is 4.58. The summed E-state index contributed by atoms with van der Waals surface area (Å²) in [5.41, 5.74) is 1.59. The summed E-state index contributed by atoms with van der Waals surface area (Å²) in [5.74, 6) is -0.0725. The fourth-order valence-electron chi connectivity index (χ4n) is 6.03. The number of likely N-dealkylation sites (N-methyl/N-ethyl adjacent to an activating group) is 1. The zero-order valence-electron chi connectivity index (χ0n) is 25.2. The van der Waals surface area contributed by atoms with Crippen LogP contribution in [0.4, 0.5) is 16.2 Å². The highest BCUT2D eigenvalue weighted by molar-refractivity contribution is 6.02. The second-order valence-corrected chi connectivity index (χ2v) is 12.0. The van der Waals surface area contributed by atoms with Crippen LogP contribution in [0.1, 0.15) is 56.3 Å². The number of hydrogen-bond acceptors (Lipinski definition) is 5. The number of anilines is 2. The third-order valence-corrected chi connectivity index (χ3v) is 8.74. The molecule has 1 fully saturated rings. The molecule has 0 radical (unpaired) electrons. The topological polar surface area (TPSA) is 111 Å². The number of ether oxygens (including phenoxy) is 1. The van der Waals surface area contributed by atoms with Gasteiger partial charge in [-0.1, -0.05) is 62.6 Å². The molecule has 228 valence electrons. The number of amides is 4. The molecule has 0 saturated heterocycles. The molecule has 3 atom stereocenters. The van der Waals surface area contributed by atoms with Crippen molar-refractivity contribution in [2.24, 2.45) is 11.8 Å². The van der Waals surface area contributed by atoms with Crippen molar-refractivity contribution in [2.75, 3.05) is 37.4 Å². The molecule has 3 aromatic rings. The maximum atomic E-state index is 13.8. The molecule has 3 aromatic carbocycles. The summed E-state index contributed by atoms with van der Waals surface area (Å²) in [7, 11) is 1.72. The van der Waals surface area contributed by atoms with E-state index in [1.165, 1.54) is 0 Å². The smallest absolute Gasteiger partial charge is 0.321 e. The van der Waals surface area contributed by atoms with Crippen LogP contribution in [0.2, 0.25) is 0 Å². The van der Waals surface area contributed by atoms with E-state index in [0.717, 1.165) is 48.6 Å². The molecular weight excluding hydrogens is 544 g/mol. The molecule has 9 nitrogen and oxygen atoms in total. The van der Waals surface area contributed by atoms with E-state index in [4.69, 9.17) is 4.74 Å². The van der Waals surface area contributed by atoms with Gasteiger partial charge in [0.25, 0.3) is 5.91 Å². The number of urea groups is 1. The molecule has 1 heterocycles. The Balaban J connectivity index is 1.36. The lowest BCUT2D eigenvalue weighted by Crippen LogP contribution is -2.50. The molecule has 2 aliphatic rings. The van der Waals surface area contributed by atoms with Crippen LogP contribution in [0.15, 0.2) is 60.7 Å². The molecule has 9 heteroatoms. The van der Waals surface area contributed by atoms with Crippen molar-refractivity contribution in [3.05, 3.63) is 66.2 Å². The van der Waals surface area contributed by atoms with E-state index in [0.29, 0.717) is 23.5 Å². The first kappa shape index (κ1) is 30.4. The van der Waals surface area contributed by atoms with Gasteiger partial charge in [-0.2, -0.15) is 0 Å². The van der Waals surface area contributed by atoms with Crippen molar-refractivity contribution in [1.29, 1.82) is 0 Å². The quantitative estimate of drug-likeness (QED) is 0.327. The Morgan fingerprint density at radius 1 is 1.05 bits per heavy atom. The second kappa shape index (κ2) is 13.5. The normalized spacial score (nSPS) is 19.9. The fourth-order valence-corrected chi connectivity index (χ4v) is 6.03. The summed E-state index contributed by atoms with van der Waals surface area (Å²) >= 11 is 0. The van der Waals surface area contributed by atoms with E-state index in [1.807, 2.05) is 49.4 Å². The van der Waals surface area contributed by atoms with Crippen molar-refractivity contribution in [2.45, 2.75) is 58.1 Å². The van der Waals surface area contributed by atoms with E-state index < -0.39 is 12.1 Å². The van der Waals surface area contributed by atoms with Gasteiger partial charge in [0.15, 0.2) is 0 Å². The van der Waals surface area contributed by atoms with Gasteiger partial charge in [-0.3, -0.25) is 9.59 Å². The molecule has 0 bridgehead atoms. The molecule has 1 aliphatic carbocycles. The largest absolute Gasteiger partial charge is 0.487 e. The molecule has 0 unspecified atom stereocenters. The summed E-state index contributed by atoms with van der Waals surface area (Å²) in [4.78, 5) is 43.2. The Morgan fingerprint density at radius 2 is 1.79 bits per heavy atom. The first-order valence-corrected chi connectivity index (χ1v) is 15.3. The standard InChI is InChI=1S/C34H42N4O5/c1-22-19-38(23(2)21-39)33(41)28-18-26(35-32(40)25-11-5-4-6-12-25)16-17-30(28)43-31(22)20-37(3)34(42)36-29-15-9-13-24-10-7-8-14-27(24)29/h7-10,13-18,22-23,25,31,39H,4-6,11-12,19-21H2,1-3H3,(H,35,40)(H,36,42)/t22-,23+,31+/m1/s1.